The molecule has 0 radical (unpaired) electrons. The summed E-state index contributed by atoms with van der Waals surface area (Å²) in [6.07, 6.45) is 5.62. The summed E-state index contributed by atoms with van der Waals surface area (Å²) in [4.78, 5) is 12.8. The van der Waals surface area contributed by atoms with Gasteiger partial charge in [-0.1, -0.05) is 30.3 Å². The summed E-state index contributed by atoms with van der Waals surface area (Å²) in [5.74, 6) is 3.40. The molecule has 2 aromatic carbocycles. The van der Waals surface area contributed by atoms with E-state index in [0.29, 0.717) is 24.4 Å². The number of carbonyl (C=O) groups is 1. The second kappa shape index (κ2) is 7.05. The van der Waals surface area contributed by atoms with Crippen LogP contribution in [0, 0.1) is 17.8 Å². The molecule has 4 nitrogen and oxygen atoms in total. The molecule has 30 heavy (non-hydrogen) atoms. The van der Waals surface area contributed by atoms with Crippen LogP contribution in [0.5, 0.6) is 0 Å². The van der Waals surface area contributed by atoms with Gasteiger partial charge < -0.3 is 15.1 Å². The summed E-state index contributed by atoms with van der Waals surface area (Å²) in [5.41, 5.74) is 4.65. The Morgan fingerprint density at radius 2 is 1.90 bits per heavy atom. The summed E-state index contributed by atoms with van der Waals surface area (Å²) in [6.45, 7) is 0.411. The highest BCUT2D eigenvalue weighted by Gasteiger charge is 2.53. The second-order valence-electron chi connectivity index (χ2n) is 9.03. The molecule has 0 spiro atoms. The quantitative estimate of drug-likeness (QED) is 0.610. The van der Waals surface area contributed by atoms with Crippen LogP contribution < -0.4 is 10.6 Å². The number of hydrogen-bond donors (Lipinski definition) is 2. The molecular formula is C26H26N2O2. The van der Waals surface area contributed by atoms with Gasteiger partial charge in [0.2, 0.25) is 0 Å². The molecule has 2 N–H and O–H groups in total. The molecule has 3 aliphatic rings. The van der Waals surface area contributed by atoms with Crippen LogP contribution in [0.15, 0.2) is 71.3 Å². The maximum Gasteiger partial charge on any atom is 0.251 e. The highest BCUT2D eigenvalue weighted by molar-refractivity contribution is 5.95. The van der Waals surface area contributed by atoms with Crippen LogP contribution in [0.25, 0.3) is 0 Å². The minimum atomic E-state index is -0.0425. The van der Waals surface area contributed by atoms with Gasteiger partial charge >= 0.3 is 0 Å². The molecule has 1 aromatic heterocycles. The number of anilines is 1. The molecule has 4 heteroatoms. The Labute approximate surface area is 176 Å². The fraction of sp³-hybridized carbons (Fsp3) is 0.346. The zero-order chi connectivity index (χ0) is 20.1. The summed E-state index contributed by atoms with van der Waals surface area (Å²) in [6, 6.07) is 21.1. The Morgan fingerprint density at radius 3 is 2.73 bits per heavy atom. The van der Waals surface area contributed by atoms with Gasteiger partial charge in [-0.2, -0.15) is 0 Å². The van der Waals surface area contributed by atoms with E-state index in [4.69, 9.17) is 4.42 Å². The molecule has 6 rings (SSSR count). The predicted molar refractivity (Wildman–Crippen MR) is 116 cm³/mol. The van der Waals surface area contributed by atoms with Crippen molar-refractivity contribution in [2.24, 2.45) is 17.8 Å². The minimum absolute atomic E-state index is 0.0425. The summed E-state index contributed by atoms with van der Waals surface area (Å²) in [5, 5.41) is 6.83. The lowest BCUT2D eigenvalue weighted by Crippen LogP contribution is -2.35. The predicted octanol–water partition coefficient (Wildman–Crippen LogP) is 5.51. The Morgan fingerprint density at radius 1 is 1.03 bits per heavy atom. The van der Waals surface area contributed by atoms with Crippen molar-refractivity contribution >= 4 is 11.6 Å². The number of carbonyl (C=O) groups excluding carboxylic acids is 1. The Bertz CT molecular complexity index is 1060. The van der Waals surface area contributed by atoms with Crippen molar-refractivity contribution in [1.82, 2.24) is 5.32 Å². The zero-order valence-corrected chi connectivity index (χ0v) is 16.9. The van der Waals surface area contributed by atoms with Crippen molar-refractivity contribution in [3.63, 3.8) is 0 Å². The largest absolute Gasteiger partial charge is 0.467 e. The van der Waals surface area contributed by atoms with Gasteiger partial charge in [0.05, 0.1) is 18.8 Å². The van der Waals surface area contributed by atoms with Gasteiger partial charge in [-0.15, -0.1) is 0 Å². The minimum Gasteiger partial charge on any atom is -0.467 e. The van der Waals surface area contributed by atoms with Crippen molar-refractivity contribution in [2.75, 3.05) is 5.32 Å². The standard InChI is InChI=1S/C26H26N2O2/c29-26(27-15-20-7-4-12-30-20)19-10-11-22-21(14-19)23-17-8-9-18(13-17)24(23)25(28-22)16-5-2-1-3-6-16/h1-7,10-12,14,17-18,23-25,28H,8-9,13,15H2,(H,27,29)/t17-,18-,23-,24+,25+/m0/s1. The highest BCUT2D eigenvalue weighted by atomic mass is 16.3. The van der Waals surface area contributed by atoms with Gasteiger partial charge in [0.1, 0.15) is 5.76 Å². The third-order valence-corrected chi connectivity index (χ3v) is 7.51. The second-order valence-corrected chi connectivity index (χ2v) is 9.03. The van der Waals surface area contributed by atoms with E-state index in [9.17, 15) is 4.79 Å². The molecule has 2 fully saturated rings. The average Bonchev–Trinajstić information content (AvgIpc) is 3.55. The number of hydrogen-bond acceptors (Lipinski definition) is 3. The molecule has 2 aliphatic carbocycles. The van der Waals surface area contributed by atoms with Crippen LogP contribution in [0.2, 0.25) is 0 Å². The van der Waals surface area contributed by atoms with E-state index in [0.717, 1.165) is 23.2 Å². The Balaban J connectivity index is 1.32. The van der Waals surface area contributed by atoms with Crippen LogP contribution in [-0.4, -0.2) is 5.91 Å². The zero-order valence-electron chi connectivity index (χ0n) is 16.9. The van der Waals surface area contributed by atoms with E-state index in [1.165, 1.54) is 36.1 Å². The fourth-order valence-electron chi connectivity index (χ4n) is 6.30. The average molecular weight is 399 g/mol. The van der Waals surface area contributed by atoms with Gasteiger partial charge in [-0.05, 0) is 84.4 Å². The van der Waals surface area contributed by atoms with Crippen molar-refractivity contribution in [3.05, 3.63) is 89.4 Å². The van der Waals surface area contributed by atoms with E-state index in [1.807, 2.05) is 18.2 Å². The SMILES string of the molecule is O=C(NCc1ccco1)c1ccc2c(c1)[C@@H]1[C@H]3CC[C@@H](C3)[C@H]1[C@@H](c1ccccc1)N2. The van der Waals surface area contributed by atoms with Crippen molar-refractivity contribution < 1.29 is 9.21 Å². The number of fused-ring (bicyclic) bond motifs is 7. The van der Waals surface area contributed by atoms with Crippen LogP contribution in [0.1, 0.15) is 58.5 Å². The molecular weight excluding hydrogens is 372 g/mol. The Kier molecular flexibility index (Phi) is 4.19. The van der Waals surface area contributed by atoms with E-state index in [2.05, 4.69) is 53.1 Å². The van der Waals surface area contributed by atoms with Gasteiger partial charge in [0.25, 0.3) is 5.91 Å². The topological polar surface area (TPSA) is 54.3 Å². The third kappa shape index (κ3) is 2.85. The van der Waals surface area contributed by atoms with Crippen LogP contribution in [-0.2, 0) is 6.54 Å². The van der Waals surface area contributed by atoms with E-state index < -0.39 is 0 Å². The maximum absolute atomic E-state index is 12.8. The molecule has 2 saturated carbocycles. The molecule has 2 bridgehead atoms. The number of benzene rings is 2. The van der Waals surface area contributed by atoms with Crippen molar-refractivity contribution in [1.29, 1.82) is 0 Å². The molecule has 5 atom stereocenters. The first-order chi connectivity index (χ1) is 14.8. The molecule has 152 valence electrons. The summed E-state index contributed by atoms with van der Waals surface area (Å²) >= 11 is 0. The fourth-order valence-corrected chi connectivity index (χ4v) is 6.30. The van der Waals surface area contributed by atoms with Gasteiger partial charge in [-0.25, -0.2) is 0 Å². The maximum atomic E-state index is 12.8. The van der Waals surface area contributed by atoms with Crippen molar-refractivity contribution in [3.8, 4) is 0 Å². The number of nitrogens with one attached hydrogen (secondary N) is 2. The molecule has 2 heterocycles. The number of furan rings is 1. The summed E-state index contributed by atoms with van der Waals surface area (Å²) < 4.78 is 5.33. The molecule has 1 amide bonds. The normalized spacial score (nSPS) is 28.5. The van der Waals surface area contributed by atoms with E-state index >= 15 is 0 Å². The lowest BCUT2D eigenvalue weighted by atomic mass is 9.68. The van der Waals surface area contributed by atoms with Crippen LogP contribution in [0.4, 0.5) is 5.69 Å². The first kappa shape index (κ1) is 17.8. The third-order valence-electron chi connectivity index (χ3n) is 7.51. The highest BCUT2D eigenvalue weighted by Crippen LogP contribution is 2.63. The van der Waals surface area contributed by atoms with E-state index in [1.54, 1.807) is 6.26 Å². The molecule has 0 unspecified atom stereocenters. The monoisotopic (exact) mass is 398 g/mol. The molecule has 0 saturated heterocycles. The van der Waals surface area contributed by atoms with Gasteiger partial charge in [0, 0.05) is 11.3 Å². The number of amides is 1. The lowest BCUT2D eigenvalue weighted by Gasteiger charge is -2.43. The lowest BCUT2D eigenvalue weighted by molar-refractivity contribution is 0.0947. The van der Waals surface area contributed by atoms with Crippen molar-refractivity contribution in [2.45, 2.75) is 37.8 Å². The first-order valence-electron chi connectivity index (χ1n) is 11.0. The Hall–Kier alpha value is -3.01. The summed E-state index contributed by atoms with van der Waals surface area (Å²) in [7, 11) is 0. The van der Waals surface area contributed by atoms with Crippen LogP contribution in [0.3, 0.4) is 0 Å². The molecule has 1 aliphatic heterocycles. The molecule has 3 aromatic rings. The van der Waals surface area contributed by atoms with Gasteiger partial charge in [-0.3, -0.25) is 4.79 Å². The van der Waals surface area contributed by atoms with Gasteiger partial charge in [0.15, 0.2) is 0 Å². The van der Waals surface area contributed by atoms with E-state index in [-0.39, 0.29) is 5.91 Å². The smallest absolute Gasteiger partial charge is 0.251 e. The first-order valence-corrected chi connectivity index (χ1v) is 11.0. The van der Waals surface area contributed by atoms with Crippen LogP contribution >= 0.6 is 0 Å². The number of rotatable bonds is 4.